The molecular weight excluding hydrogens is 280 g/mol. The molecule has 0 aliphatic rings. The second-order valence-electron chi connectivity index (χ2n) is 4.01. The topological polar surface area (TPSA) is 90.4 Å². The number of nitrogens with two attached hydrogens (primary N) is 1. The number of aromatic nitrogens is 3. The second-order valence-corrected chi connectivity index (χ2v) is 4.42. The van der Waals surface area contributed by atoms with Gasteiger partial charge in [0.15, 0.2) is 11.8 Å². The van der Waals surface area contributed by atoms with Crippen LogP contribution >= 0.6 is 11.6 Å². The van der Waals surface area contributed by atoms with Crippen molar-refractivity contribution in [1.82, 2.24) is 14.8 Å². The molecule has 1 heterocycles. The van der Waals surface area contributed by atoms with Crippen molar-refractivity contribution >= 4 is 23.2 Å². The predicted octanol–water partition coefficient (Wildman–Crippen LogP) is 1.40. The Kier molecular flexibility index (Phi) is 4.41. The smallest absolute Gasteiger partial charge is 0.193 e. The largest absolute Gasteiger partial charge is 0.495 e. The number of halogens is 1. The van der Waals surface area contributed by atoms with Crippen LogP contribution in [0.25, 0.3) is 0 Å². The highest BCUT2D eigenvalue weighted by Gasteiger charge is 2.03. The van der Waals surface area contributed by atoms with E-state index in [0.29, 0.717) is 23.1 Å². The predicted molar refractivity (Wildman–Crippen MR) is 78.0 cm³/mol. The van der Waals surface area contributed by atoms with E-state index >= 15 is 0 Å². The Bertz CT molecular complexity index is 624. The van der Waals surface area contributed by atoms with Gasteiger partial charge < -0.3 is 15.8 Å². The molecule has 0 fully saturated rings. The first-order chi connectivity index (χ1) is 9.58. The van der Waals surface area contributed by atoms with Crippen LogP contribution in [0.2, 0.25) is 5.02 Å². The Morgan fingerprint density at radius 3 is 2.95 bits per heavy atom. The number of nitrogens with zero attached hydrogens (tertiary/aromatic N) is 4. The number of anilines is 1. The number of hydrogen-bond acceptors (Lipinski definition) is 4. The van der Waals surface area contributed by atoms with Gasteiger partial charge in [-0.15, -0.1) is 0 Å². The minimum atomic E-state index is 0.263. The molecule has 0 radical (unpaired) electrons. The molecule has 0 saturated carbocycles. The number of guanidine groups is 1. The fourth-order valence-corrected chi connectivity index (χ4v) is 1.80. The van der Waals surface area contributed by atoms with Crippen molar-refractivity contribution in [2.24, 2.45) is 17.8 Å². The summed E-state index contributed by atoms with van der Waals surface area (Å²) >= 11 is 6.02. The van der Waals surface area contributed by atoms with Crippen molar-refractivity contribution in [1.29, 1.82) is 0 Å². The number of benzene rings is 1. The SMILES string of the molecule is COc1ccc(NC(N)=NCc2ncn(C)n2)cc1Cl. The molecule has 20 heavy (non-hydrogen) atoms. The third kappa shape index (κ3) is 3.61. The van der Waals surface area contributed by atoms with Gasteiger partial charge in [0, 0.05) is 12.7 Å². The molecule has 1 aromatic carbocycles. The average Bonchev–Trinajstić information content (AvgIpc) is 2.82. The van der Waals surface area contributed by atoms with E-state index in [0.717, 1.165) is 5.69 Å². The van der Waals surface area contributed by atoms with E-state index in [-0.39, 0.29) is 5.96 Å². The van der Waals surface area contributed by atoms with E-state index in [4.69, 9.17) is 22.1 Å². The molecule has 0 aliphatic heterocycles. The maximum atomic E-state index is 6.02. The van der Waals surface area contributed by atoms with Gasteiger partial charge in [0.25, 0.3) is 0 Å². The summed E-state index contributed by atoms with van der Waals surface area (Å²) < 4.78 is 6.68. The van der Waals surface area contributed by atoms with Crippen molar-refractivity contribution in [2.75, 3.05) is 12.4 Å². The van der Waals surface area contributed by atoms with Gasteiger partial charge in [-0.3, -0.25) is 4.68 Å². The molecule has 0 unspecified atom stereocenters. The minimum absolute atomic E-state index is 0.263. The highest BCUT2D eigenvalue weighted by molar-refractivity contribution is 6.32. The number of ether oxygens (including phenoxy) is 1. The molecule has 3 N–H and O–H groups in total. The first-order valence-electron chi connectivity index (χ1n) is 5.83. The van der Waals surface area contributed by atoms with Gasteiger partial charge in [-0.05, 0) is 18.2 Å². The lowest BCUT2D eigenvalue weighted by Gasteiger charge is -2.08. The summed E-state index contributed by atoms with van der Waals surface area (Å²) in [6.07, 6.45) is 1.61. The van der Waals surface area contributed by atoms with Crippen molar-refractivity contribution < 1.29 is 4.74 Å². The van der Waals surface area contributed by atoms with Gasteiger partial charge in [-0.1, -0.05) is 11.6 Å². The first-order valence-corrected chi connectivity index (χ1v) is 6.21. The van der Waals surface area contributed by atoms with Crippen molar-refractivity contribution in [3.8, 4) is 5.75 Å². The Morgan fingerprint density at radius 1 is 1.55 bits per heavy atom. The lowest BCUT2D eigenvalue weighted by Crippen LogP contribution is -2.22. The summed E-state index contributed by atoms with van der Waals surface area (Å²) in [5.41, 5.74) is 6.51. The zero-order chi connectivity index (χ0) is 14.5. The van der Waals surface area contributed by atoms with Gasteiger partial charge in [0.1, 0.15) is 18.6 Å². The van der Waals surface area contributed by atoms with E-state index in [2.05, 4.69) is 20.4 Å². The van der Waals surface area contributed by atoms with Gasteiger partial charge in [-0.25, -0.2) is 9.98 Å². The lowest BCUT2D eigenvalue weighted by molar-refractivity contribution is 0.415. The molecule has 1 aromatic heterocycles. The van der Waals surface area contributed by atoms with Crippen LogP contribution in [0.1, 0.15) is 5.82 Å². The highest BCUT2D eigenvalue weighted by Crippen LogP contribution is 2.26. The number of aryl methyl sites for hydroxylation is 1. The zero-order valence-corrected chi connectivity index (χ0v) is 11.9. The van der Waals surface area contributed by atoms with Crippen LogP contribution in [-0.2, 0) is 13.6 Å². The van der Waals surface area contributed by atoms with Crippen molar-refractivity contribution in [3.63, 3.8) is 0 Å². The van der Waals surface area contributed by atoms with E-state index in [9.17, 15) is 0 Å². The van der Waals surface area contributed by atoms with E-state index in [1.807, 2.05) is 0 Å². The molecule has 0 atom stereocenters. The number of aliphatic imine (C=N–C) groups is 1. The average molecular weight is 295 g/mol. The second kappa shape index (κ2) is 6.25. The third-order valence-electron chi connectivity index (χ3n) is 2.46. The minimum Gasteiger partial charge on any atom is -0.495 e. The van der Waals surface area contributed by atoms with Crippen LogP contribution in [0, 0.1) is 0 Å². The quantitative estimate of drug-likeness (QED) is 0.657. The van der Waals surface area contributed by atoms with E-state index in [1.165, 1.54) is 0 Å². The summed E-state index contributed by atoms with van der Waals surface area (Å²) in [7, 11) is 3.35. The zero-order valence-electron chi connectivity index (χ0n) is 11.2. The molecule has 0 spiro atoms. The van der Waals surface area contributed by atoms with E-state index < -0.39 is 0 Å². The molecule has 8 heteroatoms. The molecule has 2 aromatic rings. The lowest BCUT2D eigenvalue weighted by atomic mass is 10.3. The number of nitrogens with one attached hydrogen (secondary N) is 1. The fraction of sp³-hybridized carbons (Fsp3) is 0.250. The van der Waals surface area contributed by atoms with Crippen LogP contribution in [-0.4, -0.2) is 27.8 Å². The first kappa shape index (κ1) is 14.1. The maximum absolute atomic E-state index is 6.02. The molecule has 0 aliphatic carbocycles. The summed E-state index contributed by atoms with van der Waals surface area (Å²) in [6.45, 7) is 0.309. The number of hydrogen-bond donors (Lipinski definition) is 2. The summed E-state index contributed by atoms with van der Waals surface area (Å²) in [5.74, 6) is 1.47. The van der Waals surface area contributed by atoms with Crippen LogP contribution in [0.15, 0.2) is 29.5 Å². The Hall–Kier alpha value is -2.28. The third-order valence-corrected chi connectivity index (χ3v) is 2.76. The van der Waals surface area contributed by atoms with Crippen molar-refractivity contribution in [3.05, 3.63) is 35.4 Å². The highest BCUT2D eigenvalue weighted by atomic mass is 35.5. The van der Waals surface area contributed by atoms with Crippen molar-refractivity contribution in [2.45, 2.75) is 6.54 Å². The molecular formula is C12H15ClN6O. The Morgan fingerprint density at radius 2 is 2.35 bits per heavy atom. The van der Waals surface area contributed by atoms with Crippen LogP contribution in [0.3, 0.4) is 0 Å². The van der Waals surface area contributed by atoms with Gasteiger partial charge >= 0.3 is 0 Å². The van der Waals surface area contributed by atoms with E-state index in [1.54, 1.807) is 43.4 Å². The molecule has 0 amide bonds. The Balaban J connectivity index is 2.00. The summed E-state index contributed by atoms with van der Waals surface area (Å²) in [4.78, 5) is 8.20. The monoisotopic (exact) mass is 294 g/mol. The normalized spacial score (nSPS) is 11.4. The fourth-order valence-electron chi connectivity index (χ4n) is 1.54. The molecule has 7 nitrogen and oxygen atoms in total. The Labute approximate surface area is 121 Å². The van der Waals surface area contributed by atoms with Gasteiger partial charge in [0.2, 0.25) is 0 Å². The molecule has 106 valence electrons. The number of rotatable bonds is 4. The number of methoxy groups -OCH3 is 1. The summed E-state index contributed by atoms with van der Waals surface area (Å²) in [6, 6.07) is 5.26. The maximum Gasteiger partial charge on any atom is 0.193 e. The standard InChI is InChI=1S/C12H15ClN6O/c1-19-7-16-11(18-19)6-15-12(14)17-8-3-4-10(20-2)9(13)5-8/h3-5,7H,6H2,1-2H3,(H3,14,15,17). The summed E-state index contributed by atoms with van der Waals surface area (Å²) in [5, 5.41) is 7.54. The van der Waals surface area contributed by atoms with Crippen LogP contribution in [0.5, 0.6) is 5.75 Å². The van der Waals surface area contributed by atoms with Crippen LogP contribution in [0.4, 0.5) is 5.69 Å². The van der Waals surface area contributed by atoms with Gasteiger partial charge in [0.05, 0.1) is 12.1 Å². The van der Waals surface area contributed by atoms with Gasteiger partial charge in [-0.2, -0.15) is 5.10 Å². The van der Waals surface area contributed by atoms with Crippen LogP contribution < -0.4 is 15.8 Å². The molecule has 0 saturated heterocycles. The molecule has 2 rings (SSSR count). The molecule has 0 bridgehead atoms.